The maximum absolute atomic E-state index is 14.4. The summed E-state index contributed by atoms with van der Waals surface area (Å²) in [6.45, 7) is 3.29. The van der Waals surface area contributed by atoms with Crippen LogP contribution in [0.15, 0.2) is 48.5 Å². The Labute approximate surface area is 176 Å². The Kier molecular flexibility index (Phi) is 6.05. The van der Waals surface area contributed by atoms with Crippen LogP contribution in [0.4, 0.5) is 10.1 Å². The second-order valence-electron chi connectivity index (χ2n) is 7.97. The number of nitrogens with zero attached hydrogens (tertiary/aromatic N) is 2. The number of hydrogen-bond acceptors (Lipinski definition) is 4. The Balaban J connectivity index is 1.88. The third-order valence-corrected chi connectivity index (χ3v) is 6.67. The molecular formula is C21H26FN3O4S. The summed E-state index contributed by atoms with van der Waals surface area (Å²) in [7, 11) is -1.43. The van der Waals surface area contributed by atoms with Crippen LogP contribution in [0.3, 0.4) is 0 Å². The number of para-hydroxylation sites is 2. The molecule has 0 spiro atoms. The Morgan fingerprint density at radius 3 is 2.47 bits per heavy atom. The van der Waals surface area contributed by atoms with Gasteiger partial charge in [0.05, 0.1) is 11.7 Å². The van der Waals surface area contributed by atoms with Gasteiger partial charge in [0.15, 0.2) is 0 Å². The molecular weight excluding hydrogens is 409 g/mol. The van der Waals surface area contributed by atoms with Crippen LogP contribution in [0.1, 0.15) is 31.9 Å². The first-order valence-corrected chi connectivity index (χ1v) is 10.9. The van der Waals surface area contributed by atoms with Crippen LogP contribution in [0, 0.1) is 5.82 Å². The number of ether oxygens (including phenoxy) is 1. The van der Waals surface area contributed by atoms with Gasteiger partial charge in [0.25, 0.3) is 0 Å². The summed E-state index contributed by atoms with van der Waals surface area (Å²) in [5.74, 6) is -0.597. The highest BCUT2D eigenvalue weighted by molar-refractivity contribution is 7.90. The van der Waals surface area contributed by atoms with E-state index in [1.165, 1.54) is 32.3 Å². The number of carbonyl (C=O) groups is 1. The highest BCUT2D eigenvalue weighted by Crippen LogP contribution is 2.39. The lowest BCUT2D eigenvalue weighted by Gasteiger charge is -2.38. The Morgan fingerprint density at radius 2 is 1.80 bits per heavy atom. The molecule has 1 unspecified atom stereocenters. The largest absolute Gasteiger partial charge is 0.487 e. The topological polar surface area (TPSA) is 79.0 Å². The maximum Gasteiger partial charge on any atom is 0.304 e. The van der Waals surface area contributed by atoms with Crippen LogP contribution in [0.5, 0.6) is 5.75 Å². The van der Waals surface area contributed by atoms with Gasteiger partial charge in [-0.25, -0.2) is 8.70 Å². The number of rotatable bonds is 6. The van der Waals surface area contributed by atoms with E-state index in [4.69, 9.17) is 4.74 Å². The van der Waals surface area contributed by atoms with Crippen molar-refractivity contribution in [3.63, 3.8) is 0 Å². The van der Waals surface area contributed by atoms with E-state index in [0.29, 0.717) is 12.2 Å². The summed E-state index contributed by atoms with van der Waals surface area (Å²) in [6.07, 6.45) is 0.510. The van der Waals surface area contributed by atoms with Crippen molar-refractivity contribution in [2.45, 2.75) is 31.9 Å². The fourth-order valence-corrected chi connectivity index (χ4v) is 4.51. The molecule has 1 aliphatic rings. The van der Waals surface area contributed by atoms with Crippen molar-refractivity contribution in [2.75, 3.05) is 24.9 Å². The van der Waals surface area contributed by atoms with Crippen molar-refractivity contribution in [3.05, 3.63) is 59.9 Å². The van der Waals surface area contributed by atoms with Gasteiger partial charge >= 0.3 is 10.2 Å². The van der Waals surface area contributed by atoms with E-state index < -0.39 is 34.1 Å². The zero-order chi connectivity index (χ0) is 22.1. The van der Waals surface area contributed by atoms with Crippen molar-refractivity contribution in [3.8, 4) is 5.75 Å². The van der Waals surface area contributed by atoms with Crippen molar-refractivity contribution in [1.29, 1.82) is 0 Å². The summed E-state index contributed by atoms with van der Waals surface area (Å²) in [6, 6.07) is 12.5. The monoisotopic (exact) mass is 435 g/mol. The van der Waals surface area contributed by atoms with Crippen molar-refractivity contribution >= 4 is 21.8 Å². The molecule has 30 heavy (non-hydrogen) atoms. The zero-order valence-electron chi connectivity index (χ0n) is 17.4. The van der Waals surface area contributed by atoms with Gasteiger partial charge in [-0.3, -0.25) is 4.79 Å². The fourth-order valence-electron chi connectivity index (χ4n) is 3.44. The number of halogens is 1. The van der Waals surface area contributed by atoms with Crippen molar-refractivity contribution in [1.82, 2.24) is 9.62 Å². The van der Waals surface area contributed by atoms with Crippen LogP contribution >= 0.6 is 0 Å². The van der Waals surface area contributed by atoms with Gasteiger partial charge in [0, 0.05) is 26.1 Å². The molecule has 0 bridgehead atoms. The van der Waals surface area contributed by atoms with Crippen LogP contribution in [-0.4, -0.2) is 44.9 Å². The van der Waals surface area contributed by atoms with E-state index >= 15 is 0 Å². The minimum Gasteiger partial charge on any atom is -0.487 e. The standard InChI is InChI=1S/C21H26FN3O4S/c1-21(2)13-17(15-9-5-8-12-19(15)29-21)23-20(26)14-25(30(27,28)24(3)4)18-11-7-6-10-16(18)22/h5-12,17H,13-14H2,1-4H3,(H,23,26). The van der Waals surface area contributed by atoms with E-state index in [0.717, 1.165) is 20.2 Å². The van der Waals surface area contributed by atoms with Gasteiger partial charge in [-0.2, -0.15) is 12.7 Å². The second-order valence-corrected chi connectivity index (χ2v) is 10.0. The molecule has 1 atom stereocenters. The molecule has 162 valence electrons. The average molecular weight is 436 g/mol. The molecule has 9 heteroatoms. The minimum atomic E-state index is -4.09. The third kappa shape index (κ3) is 4.57. The molecule has 2 aromatic rings. The van der Waals surface area contributed by atoms with Gasteiger partial charge in [0.1, 0.15) is 23.7 Å². The number of carbonyl (C=O) groups excluding carboxylic acids is 1. The van der Waals surface area contributed by atoms with Crippen LogP contribution < -0.4 is 14.4 Å². The van der Waals surface area contributed by atoms with Crippen LogP contribution in [-0.2, 0) is 15.0 Å². The highest BCUT2D eigenvalue weighted by atomic mass is 32.2. The van der Waals surface area contributed by atoms with Crippen molar-refractivity contribution in [2.24, 2.45) is 0 Å². The Bertz CT molecular complexity index is 1040. The molecule has 1 heterocycles. The quantitative estimate of drug-likeness (QED) is 0.757. The molecule has 0 saturated carbocycles. The molecule has 7 nitrogen and oxygen atoms in total. The summed E-state index contributed by atoms with van der Waals surface area (Å²) < 4.78 is 47.6. The van der Waals surface area contributed by atoms with Gasteiger partial charge in [0.2, 0.25) is 5.91 Å². The number of nitrogens with one attached hydrogen (secondary N) is 1. The van der Waals surface area contributed by atoms with E-state index in [-0.39, 0.29) is 11.7 Å². The predicted molar refractivity (Wildman–Crippen MR) is 113 cm³/mol. The van der Waals surface area contributed by atoms with E-state index in [2.05, 4.69) is 5.32 Å². The van der Waals surface area contributed by atoms with Crippen LogP contribution in [0.2, 0.25) is 0 Å². The molecule has 3 rings (SSSR count). The summed E-state index contributed by atoms with van der Waals surface area (Å²) >= 11 is 0. The third-order valence-electron chi connectivity index (χ3n) is 4.86. The first-order chi connectivity index (χ1) is 14.0. The maximum atomic E-state index is 14.4. The van der Waals surface area contributed by atoms with E-state index in [9.17, 15) is 17.6 Å². The van der Waals surface area contributed by atoms with Gasteiger partial charge in [-0.15, -0.1) is 0 Å². The first-order valence-electron chi connectivity index (χ1n) is 9.53. The number of anilines is 1. The second kappa shape index (κ2) is 8.23. The van der Waals surface area contributed by atoms with E-state index in [1.54, 1.807) is 0 Å². The lowest BCUT2D eigenvalue weighted by atomic mass is 9.89. The molecule has 0 aliphatic carbocycles. The predicted octanol–water partition coefficient (Wildman–Crippen LogP) is 2.86. The number of fused-ring (bicyclic) bond motifs is 1. The molecule has 1 amide bonds. The van der Waals surface area contributed by atoms with E-state index in [1.807, 2.05) is 38.1 Å². The summed E-state index contributed by atoms with van der Waals surface area (Å²) in [5, 5.41) is 2.90. The molecule has 0 radical (unpaired) electrons. The molecule has 2 aromatic carbocycles. The normalized spacial score (nSPS) is 17.7. The van der Waals surface area contributed by atoms with Gasteiger partial charge < -0.3 is 10.1 Å². The Morgan fingerprint density at radius 1 is 1.17 bits per heavy atom. The molecule has 0 fully saturated rings. The zero-order valence-corrected chi connectivity index (χ0v) is 18.2. The van der Waals surface area contributed by atoms with Gasteiger partial charge in [-0.05, 0) is 32.0 Å². The molecule has 0 saturated heterocycles. The summed E-state index contributed by atoms with van der Waals surface area (Å²) in [5.41, 5.74) is 0.125. The molecule has 0 aromatic heterocycles. The molecule has 1 N–H and O–H groups in total. The number of benzene rings is 2. The SMILES string of the molecule is CN(C)S(=O)(=O)N(CC(=O)NC1CC(C)(C)Oc2ccccc21)c1ccccc1F. The van der Waals surface area contributed by atoms with Crippen LogP contribution in [0.25, 0.3) is 0 Å². The highest BCUT2D eigenvalue weighted by Gasteiger charge is 2.35. The van der Waals surface area contributed by atoms with Crippen molar-refractivity contribution < 1.29 is 22.3 Å². The summed E-state index contributed by atoms with van der Waals surface area (Å²) in [4.78, 5) is 12.9. The lowest BCUT2D eigenvalue weighted by molar-refractivity contribution is -0.120. The number of amides is 1. The van der Waals surface area contributed by atoms with Gasteiger partial charge in [-0.1, -0.05) is 30.3 Å². The minimum absolute atomic E-state index is 0.186. The molecule has 1 aliphatic heterocycles. The number of hydrogen-bond donors (Lipinski definition) is 1. The smallest absolute Gasteiger partial charge is 0.304 e. The first kappa shape index (κ1) is 22.0. The fraction of sp³-hybridized carbons (Fsp3) is 0.381. The lowest BCUT2D eigenvalue weighted by Crippen LogP contribution is -2.48. The average Bonchev–Trinajstić information content (AvgIpc) is 2.65. The Hall–Kier alpha value is -2.65.